The van der Waals surface area contributed by atoms with Crippen LogP contribution in [0.4, 0.5) is 4.39 Å². The number of likely N-dealkylation sites (N-methyl/N-ethyl adjacent to an activating group) is 1. The van der Waals surface area contributed by atoms with Gasteiger partial charge in [0.2, 0.25) is 0 Å². The maximum Gasteiger partial charge on any atom is 0.123 e. The first kappa shape index (κ1) is 11.1. The molecule has 14 heavy (non-hydrogen) atoms. The van der Waals surface area contributed by atoms with E-state index in [1.807, 2.05) is 20.0 Å². The standard InChI is InChI=1S/C11H17FN2/c1-9-7-11(12)4-3-10(9)8-14-6-5-13-2/h3-4,7,13-14H,5-6,8H2,1-2H3. The van der Waals surface area contributed by atoms with Gasteiger partial charge in [0.25, 0.3) is 0 Å². The molecular formula is C11H17FN2. The fourth-order valence-electron chi connectivity index (χ4n) is 1.29. The van der Waals surface area contributed by atoms with Crippen molar-refractivity contribution in [2.75, 3.05) is 20.1 Å². The molecule has 78 valence electrons. The Morgan fingerprint density at radius 3 is 2.71 bits per heavy atom. The molecule has 0 aliphatic carbocycles. The van der Waals surface area contributed by atoms with E-state index in [9.17, 15) is 4.39 Å². The van der Waals surface area contributed by atoms with Gasteiger partial charge in [0.05, 0.1) is 0 Å². The molecule has 0 saturated carbocycles. The van der Waals surface area contributed by atoms with Gasteiger partial charge in [-0.3, -0.25) is 0 Å². The van der Waals surface area contributed by atoms with E-state index >= 15 is 0 Å². The van der Waals surface area contributed by atoms with E-state index in [2.05, 4.69) is 10.6 Å². The van der Waals surface area contributed by atoms with Crippen LogP contribution in [0.5, 0.6) is 0 Å². The Hall–Kier alpha value is -0.930. The van der Waals surface area contributed by atoms with Crippen LogP contribution in [-0.4, -0.2) is 20.1 Å². The lowest BCUT2D eigenvalue weighted by Crippen LogP contribution is -2.24. The summed E-state index contributed by atoms with van der Waals surface area (Å²) in [5, 5.41) is 6.33. The zero-order valence-corrected chi connectivity index (χ0v) is 8.73. The number of halogens is 1. The van der Waals surface area contributed by atoms with Gasteiger partial charge in [0.1, 0.15) is 5.82 Å². The molecule has 0 bridgehead atoms. The molecule has 1 aromatic rings. The van der Waals surface area contributed by atoms with Crippen LogP contribution in [0.2, 0.25) is 0 Å². The second kappa shape index (κ2) is 5.73. The van der Waals surface area contributed by atoms with Gasteiger partial charge in [-0.1, -0.05) is 6.07 Å². The molecule has 0 heterocycles. The van der Waals surface area contributed by atoms with Gasteiger partial charge in [-0.2, -0.15) is 0 Å². The molecule has 0 aromatic heterocycles. The molecule has 2 N–H and O–H groups in total. The van der Waals surface area contributed by atoms with Gasteiger partial charge in [0, 0.05) is 19.6 Å². The highest BCUT2D eigenvalue weighted by atomic mass is 19.1. The maximum atomic E-state index is 12.8. The van der Waals surface area contributed by atoms with Gasteiger partial charge in [-0.15, -0.1) is 0 Å². The fraction of sp³-hybridized carbons (Fsp3) is 0.455. The SMILES string of the molecule is CNCCNCc1ccc(F)cc1C. The second-order valence-electron chi connectivity index (χ2n) is 3.35. The van der Waals surface area contributed by atoms with Crippen molar-refractivity contribution in [2.45, 2.75) is 13.5 Å². The molecule has 0 unspecified atom stereocenters. The Bertz CT molecular complexity index is 287. The van der Waals surface area contributed by atoms with Gasteiger partial charge < -0.3 is 10.6 Å². The van der Waals surface area contributed by atoms with Crippen molar-refractivity contribution in [3.8, 4) is 0 Å². The average Bonchev–Trinajstić information content (AvgIpc) is 2.15. The van der Waals surface area contributed by atoms with E-state index in [4.69, 9.17) is 0 Å². The van der Waals surface area contributed by atoms with Gasteiger partial charge in [-0.05, 0) is 37.2 Å². The van der Waals surface area contributed by atoms with Crippen molar-refractivity contribution in [3.63, 3.8) is 0 Å². The summed E-state index contributed by atoms with van der Waals surface area (Å²) in [6.07, 6.45) is 0. The zero-order valence-electron chi connectivity index (χ0n) is 8.73. The van der Waals surface area contributed by atoms with Crippen LogP contribution in [-0.2, 0) is 6.54 Å². The summed E-state index contributed by atoms with van der Waals surface area (Å²) >= 11 is 0. The number of aryl methyl sites for hydroxylation is 1. The van der Waals surface area contributed by atoms with Crippen LogP contribution in [0.1, 0.15) is 11.1 Å². The largest absolute Gasteiger partial charge is 0.318 e. The van der Waals surface area contributed by atoms with E-state index in [1.54, 1.807) is 6.07 Å². The predicted molar refractivity (Wildman–Crippen MR) is 56.8 cm³/mol. The average molecular weight is 196 g/mol. The third-order valence-corrected chi connectivity index (χ3v) is 2.17. The molecule has 0 fully saturated rings. The van der Waals surface area contributed by atoms with E-state index < -0.39 is 0 Å². The second-order valence-corrected chi connectivity index (χ2v) is 3.35. The number of nitrogens with one attached hydrogen (secondary N) is 2. The van der Waals surface area contributed by atoms with Gasteiger partial charge in [-0.25, -0.2) is 4.39 Å². The van der Waals surface area contributed by atoms with Crippen LogP contribution >= 0.6 is 0 Å². The van der Waals surface area contributed by atoms with Crippen molar-refractivity contribution in [1.82, 2.24) is 10.6 Å². The minimum Gasteiger partial charge on any atom is -0.318 e. The summed E-state index contributed by atoms with van der Waals surface area (Å²) in [7, 11) is 1.92. The number of hydrogen-bond donors (Lipinski definition) is 2. The highest BCUT2D eigenvalue weighted by Crippen LogP contribution is 2.09. The first-order valence-corrected chi connectivity index (χ1v) is 4.84. The molecule has 0 saturated heterocycles. The Kier molecular flexibility index (Phi) is 4.56. The first-order valence-electron chi connectivity index (χ1n) is 4.84. The van der Waals surface area contributed by atoms with Gasteiger partial charge in [0.15, 0.2) is 0 Å². The lowest BCUT2D eigenvalue weighted by Gasteiger charge is -2.07. The van der Waals surface area contributed by atoms with E-state index in [-0.39, 0.29) is 5.82 Å². The van der Waals surface area contributed by atoms with Crippen molar-refractivity contribution in [1.29, 1.82) is 0 Å². The fourth-order valence-corrected chi connectivity index (χ4v) is 1.29. The predicted octanol–water partition coefficient (Wildman–Crippen LogP) is 1.44. The molecule has 0 aliphatic rings. The lowest BCUT2D eigenvalue weighted by molar-refractivity contribution is 0.620. The monoisotopic (exact) mass is 196 g/mol. The summed E-state index contributed by atoms with van der Waals surface area (Å²) in [5.41, 5.74) is 2.16. The van der Waals surface area contributed by atoms with E-state index in [0.717, 1.165) is 30.8 Å². The van der Waals surface area contributed by atoms with Gasteiger partial charge >= 0.3 is 0 Å². The Morgan fingerprint density at radius 1 is 1.29 bits per heavy atom. The normalized spacial score (nSPS) is 10.5. The molecule has 1 rings (SSSR count). The van der Waals surface area contributed by atoms with Crippen molar-refractivity contribution < 1.29 is 4.39 Å². The lowest BCUT2D eigenvalue weighted by atomic mass is 10.1. The summed E-state index contributed by atoms with van der Waals surface area (Å²) < 4.78 is 12.8. The summed E-state index contributed by atoms with van der Waals surface area (Å²) in [6.45, 7) is 4.60. The minimum absolute atomic E-state index is 0.165. The third-order valence-electron chi connectivity index (χ3n) is 2.17. The topological polar surface area (TPSA) is 24.1 Å². The Balaban J connectivity index is 2.42. The van der Waals surface area contributed by atoms with Crippen molar-refractivity contribution in [3.05, 3.63) is 35.1 Å². The molecule has 0 spiro atoms. The molecule has 1 aromatic carbocycles. The van der Waals surface area contributed by atoms with Crippen LogP contribution in [0.3, 0.4) is 0 Å². The highest BCUT2D eigenvalue weighted by Gasteiger charge is 1.98. The summed E-state index contributed by atoms with van der Waals surface area (Å²) in [4.78, 5) is 0. The molecule has 0 amide bonds. The Morgan fingerprint density at radius 2 is 2.07 bits per heavy atom. The van der Waals surface area contributed by atoms with Crippen LogP contribution in [0.25, 0.3) is 0 Å². The smallest absolute Gasteiger partial charge is 0.123 e. The Labute approximate surface area is 84.5 Å². The molecule has 2 nitrogen and oxygen atoms in total. The molecule has 0 radical (unpaired) electrons. The quantitative estimate of drug-likeness (QED) is 0.696. The van der Waals surface area contributed by atoms with E-state index in [0.29, 0.717) is 0 Å². The molecule has 0 atom stereocenters. The highest BCUT2D eigenvalue weighted by molar-refractivity contribution is 5.26. The third kappa shape index (κ3) is 3.44. The maximum absolute atomic E-state index is 12.8. The number of hydrogen-bond acceptors (Lipinski definition) is 2. The van der Waals surface area contributed by atoms with E-state index in [1.165, 1.54) is 6.07 Å². The molecule has 0 aliphatic heterocycles. The van der Waals surface area contributed by atoms with Crippen molar-refractivity contribution in [2.24, 2.45) is 0 Å². The number of benzene rings is 1. The molecular weight excluding hydrogens is 179 g/mol. The molecule has 3 heteroatoms. The van der Waals surface area contributed by atoms with Crippen LogP contribution < -0.4 is 10.6 Å². The zero-order chi connectivity index (χ0) is 10.4. The first-order chi connectivity index (χ1) is 6.74. The number of rotatable bonds is 5. The summed E-state index contributed by atoms with van der Waals surface area (Å²) in [6, 6.07) is 4.90. The van der Waals surface area contributed by atoms with Crippen LogP contribution in [0.15, 0.2) is 18.2 Å². The van der Waals surface area contributed by atoms with Crippen LogP contribution in [0, 0.1) is 12.7 Å². The minimum atomic E-state index is -0.165. The summed E-state index contributed by atoms with van der Waals surface area (Å²) in [5.74, 6) is -0.165. The van der Waals surface area contributed by atoms with Crippen molar-refractivity contribution >= 4 is 0 Å².